The Hall–Kier alpha value is -2.44. The van der Waals surface area contributed by atoms with Crippen molar-refractivity contribution < 1.29 is 13.2 Å². The third-order valence-electron chi connectivity index (χ3n) is 4.62. The van der Waals surface area contributed by atoms with E-state index in [0.29, 0.717) is 18.7 Å². The highest BCUT2D eigenvalue weighted by molar-refractivity contribution is 7.89. The Balaban J connectivity index is 1.54. The Morgan fingerprint density at radius 1 is 1.19 bits per heavy atom. The molecule has 0 bridgehead atoms. The van der Waals surface area contributed by atoms with Gasteiger partial charge in [-0.1, -0.05) is 30.3 Å². The topological polar surface area (TPSA) is 68.3 Å². The number of benzene rings is 2. The molecule has 0 amide bonds. The quantitative estimate of drug-likeness (QED) is 0.768. The lowest BCUT2D eigenvalue weighted by Crippen LogP contribution is -2.34. The van der Waals surface area contributed by atoms with Crippen LogP contribution in [0.4, 0.5) is 0 Å². The minimum atomic E-state index is -3.64. The average Bonchev–Trinajstić information content (AvgIpc) is 2.65. The summed E-state index contributed by atoms with van der Waals surface area (Å²) in [6, 6.07) is 15.0. The van der Waals surface area contributed by atoms with Crippen LogP contribution >= 0.6 is 0 Å². The van der Waals surface area contributed by atoms with E-state index in [1.54, 1.807) is 18.3 Å². The van der Waals surface area contributed by atoms with Gasteiger partial charge in [0.05, 0.1) is 12.1 Å². The van der Waals surface area contributed by atoms with Crippen molar-refractivity contribution in [2.45, 2.75) is 18.2 Å². The molecule has 5 nitrogen and oxygen atoms in total. The van der Waals surface area contributed by atoms with Gasteiger partial charge in [-0.05, 0) is 42.7 Å². The maximum atomic E-state index is 12.8. The lowest BCUT2D eigenvalue weighted by molar-refractivity contribution is 0.223. The highest BCUT2D eigenvalue weighted by Crippen LogP contribution is 2.27. The molecule has 4 rings (SSSR count). The molecule has 0 saturated heterocycles. The van der Waals surface area contributed by atoms with Gasteiger partial charge < -0.3 is 4.74 Å². The summed E-state index contributed by atoms with van der Waals surface area (Å²) >= 11 is 0. The van der Waals surface area contributed by atoms with Crippen molar-refractivity contribution >= 4 is 20.9 Å². The van der Waals surface area contributed by atoms with Crippen LogP contribution in [0.3, 0.4) is 0 Å². The molecular formula is C20H20N2O3S. The number of nitrogens with zero attached hydrogens (tertiary/aromatic N) is 1. The van der Waals surface area contributed by atoms with Crippen LogP contribution in [0.1, 0.15) is 11.1 Å². The molecule has 0 fully saturated rings. The molecule has 3 aromatic rings. The van der Waals surface area contributed by atoms with Crippen molar-refractivity contribution in [1.82, 2.24) is 9.71 Å². The van der Waals surface area contributed by atoms with E-state index >= 15 is 0 Å². The van der Waals surface area contributed by atoms with Crippen LogP contribution in [0.15, 0.2) is 59.6 Å². The van der Waals surface area contributed by atoms with Crippen LogP contribution in [-0.2, 0) is 16.4 Å². The van der Waals surface area contributed by atoms with Gasteiger partial charge in [0.15, 0.2) is 0 Å². The Morgan fingerprint density at radius 2 is 2.04 bits per heavy atom. The van der Waals surface area contributed by atoms with E-state index in [1.165, 1.54) is 0 Å². The van der Waals surface area contributed by atoms with Crippen molar-refractivity contribution in [3.63, 3.8) is 0 Å². The number of aromatic nitrogens is 1. The van der Waals surface area contributed by atoms with Gasteiger partial charge in [0.25, 0.3) is 0 Å². The number of fused-ring (bicyclic) bond motifs is 2. The van der Waals surface area contributed by atoms with E-state index in [2.05, 4.69) is 9.71 Å². The zero-order valence-corrected chi connectivity index (χ0v) is 15.3. The summed E-state index contributed by atoms with van der Waals surface area (Å²) in [4.78, 5) is 4.54. The highest BCUT2D eigenvalue weighted by Gasteiger charge is 2.23. The Bertz CT molecular complexity index is 1060. The summed E-state index contributed by atoms with van der Waals surface area (Å²) in [5.74, 6) is 0.991. The second-order valence-corrected chi connectivity index (χ2v) is 8.42. The molecule has 0 spiro atoms. The van der Waals surface area contributed by atoms with Crippen LogP contribution in [0.25, 0.3) is 10.9 Å². The minimum absolute atomic E-state index is 0.102. The molecule has 1 aliphatic rings. The first-order valence-corrected chi connectivity index (χ1v) is 10.1. The summed E-state index contributed by atoms with van der Waals surface area (Å²) in [7, 11) is -3.64. The van der Waals surface area contributed by atoms with Crippen molar-refractivity contribution in [1.29, 1.82) is 0 Å². The van der Waals surface area contributed by atoms with Crippen LogP contribution in [0.2, 0.25) is 0 Å². The molecule has 1 aliphatic heterocycles. The number of para-hydroxylation sites is 2. The van der Waals surface area contributed by atoms with E-state index < -0.39 is 10.0 Å². The number of sulfonamides is 1. The average molecular weight is 368 g/mol. The van der Waals surface area contributed by atoms with Crippen molar-refractivity contribution in [3.8, 4) is 5.75 Å². The molecule has 6 heteroatoms. The summed E-state index contributed by atoms with van der Waals surface area (Å²) in [5.41, 5.74) is 2.61. The molecule has 2 aromatic carbocycles. The van der Waals surface area contributed by atoms with E-state index in [1.807, 2.05) is 43.3 Å². The van der Waals surface area contributed by atoms with E-state index in [0.717, 1.165) is 28.7 Å². The van der Waals surface area contributed by atoms with Crippen molar-refractivity contribution in [3.05, 3.63) is 65.9 Å². The van der Waals surface area contributed by atoms with Gasteiger partial charge >= 0.3 is 0 Å². The maximum absolute atomic E-state index is 12.8. The first-order valence-electron chi connectivity index (χ1n) is 8.59. The van der Waals surface area contributed by atoms with E-state index in [4.69, 9.17) is 4.74 Å². The number of hydrogen-bond donors (Lipinski definition) is 1. The zero-order chi connectivity index (χ0) is 18.1. The predicted molar refractivity (Wildman–Crippen MR) is 101 cm³/mol. The number of aryl methyl sites for hydroxylation is 1. The maximum Gasteiger partial charge on any atom is 0.242 e. The number of ether oxygens (including phenoxy) is 1. The first kappa shape index (κ1) is 17.0. The van der Waals surface area contributed by atoms with Gasteiger partial charge in [-0.15, -0.1) is 0 Å². The molecule has 0 radical (unpaired) electrons. The fourth-order valence-electron chi connectivity index (χ4n) is 3.29. The second-order valence-electron chi connectivity index (χ2n) is 6.68. The normalized spacial score (nSPS) is 16.9. The van der Waals surface area contributed by atoms with Crippen LogP contribution in [-0.4, -0.2) is 26.6 Å². The number of hydrogen-bond acceptors (Lipinski definition) is 4. The van der Waals surface area contributed by atoms with Crippen molar-refractivity contribution in [2.75, 3.05) is 13.2 Å². The standard InChI is InChI=1S/C20H20N2O3S/c1-14-9-17-6-4-8-19(20(17)21-11-14)26(23,24)22-12-15-10-16-5-2-3-7-18(16)25-13-15/h2-9,11,15,22H,10,12-13H2,1H3/t15-/m1/s1. The molecule has 134 valence electrons. The largest absolute Gasteiger partial charge is 0.493 e. The lowest BCUT2D eigenvalue weighted by atomic mass is 9.97. The molecule has 0 unspecified atom stereocenters. The molecule has 0 saturated carbocycles. The number of pyridine rings is 1. The van der Waals surface area contributed by atoms with Gasteiger partial charge in [-0.25, -0.2) is 13.1 Å². The molecular weight excluding hydrogens is 348 g/mol. The summed E-state index contributed by atoms with van der Waals surface area (Å²) < 4.78 is 34.1. The second kappa shape index (κ2) is 6.70. The number of nitrogens with one attached hydrogen (secondary N) is 1. The molecule has 1 atom stereocenters. The molecule has 2 heterocycles. The third-order valence-corrected chi connectivity index (χ3v) is 6.07. The van der Waals surface area contributed by atoms with Crippen molar-refractivity contribution in [2.24, 2.45) is 5.92 Å². The van der Waals surface area contributed by atoms with Gasteiger partial charge in [-0.3, -0.25) is 4.98 Å². The van der Waals surface area contributed by atoms with E-state index in [9.17, 15) is 8.42 Å². The Kier molecular flexibility index (Phi) is 4.38. The van der Waals surface area contributed by atoms with Crippen LogP contribution in [0, 0.1) is 12.8 Å². The van der Waals surface area contributed by atoms with Crippen LogP contribution in [0.5, 0.6) is 5.75 Å². The van der Waals surface area contributed by atoms with Crippen LogP contribution < -0.4 is 9.46 Å². The Labute approximate surface area is 153 Å². The molecule has 0 aliphatic carbocycles. The molecule has 1 N–H and O–H groups in total. The van der Waals surface area contributed by atoms with Gasteiger partial charge in [0, 0.05) is 24.0 Å². The fourth-order valence-corrected chi connectivity index (χ4v) is 4.58. The molecule has 1 aromatic heterocycles. The highest BCUT2D eigenvalue weighted by atomic mass is 32.2. The first-order chi connectivity index (χ1) is 12.5. The van der Waals surface area contributed by atoms with Gasteiger partial charge in [0.2, 0.25) is 10.0 Å². The molecule has 26 heavy (non-hydrogen) atoms. The lowest BCUT2D eigenvalue weighted by Gasteiger charge is -2.25. The number of rotatable bonds is 4. The summed E-state index contributed by atoms with van der Waals surface area (Å²) in [5, 5.41) is 0.822. The zero-order valence-electron chi connectivity index (χ0n) is 14.5. The predicted octanol–water partition coefficient (Wildman–Crippen LogP) is 3.07. The van der Waals surface area contributed by atoms with Gasteiger partial charge in [0.1, 0.15) is 10.6 Å². The Morgan fingerprint density at radius 3 is 2.92 bits per heavy atom. The minimum Gasteiger partial charge on any atom is -0.493 e. The summed E-state index contributed by atoms with van der Waals surface area (Å²) in [6.45, 7) is 2.78. The monoisotopic (exact) mass is 368 g/mol. The smallest absolute Gasteiger partial charge is 0.242 e. The fraction of sp³-hybridized carbons (Fsp3) is 0.250. The summed E-state index contributed by atoms with van der Waals surface area (Å²) in [6.07, 6.45) is 2.49. The third kappa shape index (κ3) is 3.30. The SMILES string of the molecule is Cc1cnc2c(S(=O)(=O)NC[C@@H]3COc4ccccc4C3)cccc2c1. The van der Waals surface area contributed by atoms with Gasteiger partial charge in [-0.2, -0.15) is 0 Å². The van der Waals surface area contributed by atoms with E-state index in [-0.39, 0.29) is 10.8 Å².